The second kappa shape index (κ2) is 9.08. The van der Waals surface area contributed by atoms with Crippen LogP contribution >= 0.6 is 0 Å². The molecule has 1 rings (SSSR count). The molecular weight excluding hydrogens is 322 g/mol. The molecule has 1 aliphatic rings. The summed E-state index contributed by atoms with van der Waals surface area (Å²) in [6, 6.07) is -0.685. The van der Waals surface area contributed by atoms with Gasteiger partial charge in [0.05, 0.1) is 7.11 Å². The monoisotopic (exact) mass is 355 g/mol. The number of likely N-dealkylation sites (N-methyl/N-ethyl adjacent to an activating group) is 1. The molecule has 7 heteroatoms. The highest BCUT2D eigenvalue weighted by atomic mass is 16.7. The van der Waals surface area contributed by atoms with Crippen LogP contribution in [0.3, 0.4) is 0 Å². The Labute approximate surface area is 151 Å². The van der Waals surface area contributed by atoms with E-state index in [9.17, 15) is 9.59 Å². The molecule has 1 saturated heterocycles. The van der Waals surface area contributed by atoms with Crippen molar-refractivity contribution in [1.29, 1.82) is 0 Å². The predicted molar refractivity (Wildman–Crippen MR) is 96.7 cm³/mol. The zero-order valence-electron chi connectivity index (χ0n) is 16.4. The van der Waals surface area contributed by atoms with Gasteiger partial charge in [-0.15, -0.1) is 0 Å². The van der Waals surface area contributed by atoms with Gasteiger partial charge in [0.2, 0.25) is 0 Å². The minimum absolute atomic E-state index is 0.291. The molecule has 2 atom stereocenters. The van der Waals surface area contributed by atoms with Crippen molar-refractivity contribution >= 4 is 12.0 Å². The number of ether oxygens (including phenoxy) is 1. The third-order valence-electron chi connectivity index (χ3n) is 4.20. The van der Waals surface area contributed by atoms with Crippen molar-refractivity contribution in [3.63, 3.8) is 0 Å². The van der Waals surface area contributed by atoms with Crippen molar-refractivity contribution < 1.29 is 19.2 Å². The number of nitrogens with zero attached hydrogens (tertiary/aromatic N) is 2. The maximum absolute atomic E-state index is 12.6. The molecule has 2 amide bonds. The highest BCUT2D eigenvalue weighted by molar-refractivity contribution is 5.84. The second-order valence-electron chi connectivity index (χ2n) is 7.64. The van der Waals surface area contributed by atoms with Crippen LogP contribution in [0.2, 0.25) is 0 Å². The molecule has 0 spiro atoms. The summed E-state index contributed by atoms with van der Waals surface area (Å²) >= 11 is 0. The van der Waals surface area contributed by atoms with Gasteiger partial charge < -0.3 is 15.0 Å². The Kier molecular flexibility index (Phi) is 7.73. The standard InChI is InChI=1S/C18H33N3O4/c1-13(2)21-10-8-9-14(12-21)11-15(16(22)20(6)24-7)19-17(23)25-18(3,4)5/h14-15H,1,8-12H2,2-7H3,(H,19,23)/t14?,15-/m0/s1. The summed E-state index contributed by atoms with van der Waals surface area (Å²) in [6.07, 6.45) is 2.00. The summed E-state index contributed by atoms with van der Waals surface area (Å²) in [5.74, 6) is 0.000371. The molecule has 1 aliphatic heterocycles. The Morgan fingerprint density at radius 2 is 2.04 bits per heavy atom. The van der Waals surface area contributed by atoms with Crippen LogP contribution in [0.25, 0.3) is 0 Å². The first-order valence-corrected chi connectivity index (χ1v) is 8.75. The highest BCUT2D eigenvalue weighted by Gasteiger charge is 2.31. The van der Waals surface area contributed by atoms with Crippen LogP contribution in [-0.4, -0.2) is 60.9 Å². The Hall–Kier alpha value is -1.76. The largest absolute Gasteiger partial charge is 0.444 e. The molecule has 144 valence electrons. The minimum Gasteiger partial charge on any atom is -0.444 e. The first kappa shape index (κ1) is 21.3. The number of carbonyl (C=O) groups excluding carboxylic acids is 2. The number of piperidine rings is 1. The van der Waals surface area contributed by atoms with E-state index in [-0.39, 0.29) is 5.91 Å². The lowest BCUT2D eigenvalue weighted by atomic mass is 9.90. The molecule has 0 aromatic rings. The highest BCUT2D eigenvalue weighted by Crippen LogP contribution is 2.24. The van der Waals surface area contributed by atoms with Crippen molar-refractivity contribution in [2.75, 3.05) is 27.2 Å². The molecule has 1 heterocycles. The number of likely N-dealkylation sites (tertiary alicyclic amines) is 1. The average Bonchev–Trinajstić information content (AvgIpc) is 2.51. The normalized spacial score (nSPS) is 19.1. The molecular formula is C18H33N3O4. The van der Waals surface area contributed by atoms with E-state index in [1.807, 2.05) is 6.92 Å². The summed E-state index contributed by atoms with van der Waals surface area (Å²) in [5, 5.41) is 3.85. The molecule has 0 radical (unpaired) electrons. The molecule has 0 aromatic heterocycles. The molecule has 0 aromatic carbocycles. The Balaban J connectivity index is 2.78. The van der Waals surface area contributed by atoms with Crippen LogP contribution < -0.4 is 5.32 Å². The first-order valence-electron chi connectivity index (χ1n) is 8.75. The molecule has 1 unspecified atom stereocenters. The SMILES string of the molecule is C=C(C)N1CCCC(C[C@H](NC(=O)OC(C)(C)C)C(=O)N(C)OC)C1. The van der Waals surface area contributed by atoms with Gasteiger partial charge in [-0.2, -0.15) is 0 Å². The van der Waals surface area contributed by atoms with E-state index in [2.05, 4.69) is 16.8 Å². The molecule has 0 bridgehead atoms. The number of allylic oxidation sites excluding steroid dienone is 1. The van der Waals surface area contributed by atoms with Gasteiger partial charge >= 0.3 is 6.09 Å². The van der Waals surface area contributed by atoms with Crippen LogP contribution in [0.15, 0.2) is 12.3 Å². The van der Waals surface area contributed by atoms with Crippen molar-refractivity contribution in [2.24, 2.45) is 5.92 Å². The van der Waals surface area contributed by atoms with E-state index < -0.39 is 17.7 Å². The number of nitrogens with one attached hydrogen (secondary N) is 1. The van der Waals surface area contributed by atoms with Crippen molar-refractivity contribution in [1.82, 2.24) is 15.3 Å². The quantitative estimate of drug-likeness (QED) is 0.742. The summed E-state index contributed by atoms with van der Waals surface area (Å²) < 4.78 is 5.29. The van der Waals surface area contributed by atoms with Gasteiger partial charge in [0.1, 0.15) is 11.6 Å². The summed E-state index contributed by atoms with van der Waals surface area (Å²) in [7, 11) is 2.96. The zero-order chi connectivity index (χ0) is 19.2. The topological polar surface area (TPSA) is 71.1 Å². The van der Waals surface area contributed by atoms with E-state index in [0.717, 1.165) is 36.7 Å². The smallest absolute Gasteiger partial charge is 0.408 e. The van der Waals surface area contributed by atoms with Crippen LogP contribution in [-0.2, 0) is 14.4 Å². The van der Waals surface area contributed by atoms with Gasteiger partial charge in [-0.1, -0.05) is 6.58 Å². The van der Waals surface area contributed by atoms with Crippen LogP contribution in [0.5, 0.6) is 0 Å². The van der Waals surface area contributed by atoms with Crippen molar-refractivity contribution in [3.05, 3.63) is 12.3 Å². The third-order valence-corrected chi connectivity index (χ3v) is 4.20. The van der Waals surface area contributed by atoms with E-state index in [0.29, 0.717) is 12.3 Å². The van der Waals surface area contributed by atoms with E-state index >= 15 is 0 Å². The van der Waals surface area contributed by atoms with Crippen LogP contribution in [0, 0.1) is 5.92 Å². The number of hydrogen-bond acceptors (Lipinski definition) is 5. The van der Waals surface area contributed by atoms with Gasteiger partial charge in [0.15, 0.2) is 0 Å². The molecule has 0 aliphatic carbocycles. The lowest BCUT2D eigenvalue weighted by Gasteiger charge is -2.36. The number of rotatable bonds is 6. The van der Waals surface area contributed by atoms with Gasteiger partial charge in [0.25, 0.3) is 5.91 Å². The van der Waals surface area contributed by atoms with Gasteiger partial charge in [-0.05, 0) is 52.9 Å². The van der Waals surface area contributed by atoms with Gasteiger partial charge in [-0.25, -0.2) is 9.86 Å². The van der Waals surface area contributed by atoms with Gasteiger partial charge in [0, 0.05) is 25.8 Å². The Bertz CT molecular complexity index is 487. The lowest BCUT2D eigenvalue weighted by Crippen LogP contribution is -2.50. The van der Waals surface area contributed by atoms with E-state index in [4.69, 9.17) is 9.57 Å². The first-order chi connectivity index (χ1) is 11.5. The number of alkyl carbamates (subject to hydrolysis) is 1. The molecule has 7 nitrogen and oxygen atoms in total. The molecule has 0 saturated carbocycles. The number of amides is 2. The van der Waals surface area contributed by atoms with Crippen LogP contribution in [0.4, 0.5) is 4.79 Å². The van der Waals surface area contributed by atoms with Gasteiger partial charge in [-0.3, -0.25) is 9.63 Å². The summed E-state index contributed by atoms with van der Waals surface area (Å²) in [6.45, 7) is 13.2. The third kappa shape index (κ3) is 7.34. The predicted octanol–water partition coefficient (Wildman–Crippen LogP) is 2.54. The maximum Gasteiger partial charge on any atom is 0.408 e. The number of hydrogen-bond donors (Lipinski definition) is 1. The Morgan fingerprint density at radius 1 is 1.40 bits per heavy atom. The zero-order valence-corrected chi connectivity index (χ0v) is 16.4. The summed E-state index contributed by atoms with van der Waals surface area (Å²) in [5.41, 5.74) is 0.411. The van der Waals surface area contributed by atoms with Crippen LogP contribution in [0.1, 0.15) is 47.0 Å². The van der Waals surface area contributed by atoms with E-state index in [1.165, 1.54) is 14.2 Å². The number of hydroxylamine groups is 2. The fourth-order valence-electron chi connectivity index (χ4n) is 2.92. The van der Waals surface area contributed by atoms with Crippen molar-refractivity contribution in [3.8, 4) is 0 Å². The molecule has 1 N–H and O–H groups in total. The summed E-state index contributed by atoms with van der Waals surface area (Å²) in [4.78, 5) is 31.9. The molecule has 25 heavy (non-hydrogen) atoms. The lowest BCUT2D eigenvalue weighted by molar-refractivity contribution is -0.171. The van der Waals surface area contributed by atoms with Crippen molar-refractivity contribution in [2.45, 2.75) is 58.6 Å². The fraction of sp³-hybridized carbons (Fsp3) is 0.778. The Morgan fingerprint density at radius 3 is 2.56 bits per heavy atom. The maximum atomic E-state index is 12.6. The second-order valence-corrected chi connectivity index (χ2v) is 7.64. The number of carbonyl (C=O) groups is 2. The minimum atomic E-state index is -0.685. The average molecular weight is 355 g/mol. The van der Waals surface area contributed by atoms with E-state index in [1.54, 1.807) is 20.8 Å². The fourth-order valence-corrected chi connectivity index (χ4v) is 2.92. The molecule has 1 fully saturated rings.